The predicted molar refractivity (Wildman–Crippen MR) is 114 cm³/mol. The fourth-order valence-electron chi connectivity index (χ4n) is 4.17. The number of urea groups is 1. The van der Waals surface area contributed by atoms with Gasteiger partial charge in [-0.15, -0.1) is 0 Å². The first kappa shape index (κ1) is 18.6. The Bertz CT molecular complexity index is 1120. The molecule has 3 heterocycles. The molecule has 0 aliphatic carbocycles. The van der Waals surface area contributed by atoms with Gasteiger partial charge in [-0.25, -0.2) is 9.69 Å². The van der Waals surface area contributed by atoms with Crippen LogP contribution in [0.15, 0.2) is 71.2 Å². The van der Waals surface area contributed by atoms with Gasteiger partial charge in [-0.1, -0.05) is 54.6 Å². The van der Waals surface area contributed by atoms with Crippen molar-refractivity contribution in [3.63, 3.8) is 0 Å². The third-order valence-electron chi connectivity index (χ3n) is 5.97. The Morgan fingerprint density at radius 3 is 2.57 bits per heavy atom. The minimum absolute atomic E-state index is 0.263. The molecule has 2 aliphatic rings. The molecule has 152 valence electrons. The third-order valence-corrected chi connectivity index (χ3v) is 5.97. The molecule has 3 amide bonds. The number of hydrogen-bond donors (Lipinski definition) is 1. The van der Waals surface area contributed by atoms with E-state index in [1.807, 2.05) is 48.5 Å². The molecule has 0 radical (unpaired) electrons. The summed E-state index contributed by atoms with van der Waals surface area (Å²) >= 11 is 0. The predicted octanol–water partition coefficient (Wildman–Crippen LogP) is 3.95. The lowest BCUT2D eigenvalue weighted by atomic mass is 9.98. The van der Waals surface area contributed by atoms with Crippen LogP contribution in [-0.2, 0) is 10.3 Å². The van der Waals surface area contributed by atoms with E-state index in [0.717, 1.165) is 18.4 Å². The number of furan rings is 1. The number of nitrogens with zero attached hydrogens (tertiary/aromatic N) is 2. The molecular formula is C24H23N3O3. The zero-order valence-electron chi connectivity index (χ0n) is 16.8. The summed E-state index contributed by atoms with van der Waals surface area (Å²) in [6, 6.07) is 19.3. The highest BCUT2D eigenvalue weighted by Gasteiger charge is 2.51. The van der Waals surface area contributed by atoms with E-state index in [1.54, 1.807) is 6.92 Å². The first-order valence-electron chi connectivity index (χ1n) is 10.1. The van der Waals surface area contributed by atoms with Gasteiger partial charge in [0.1, 0.15) is 11.3 Å². The molecular weight excluding hydrogens is 378 g/mol. The number of rotatable bonds is 4. The molecule has 1 atom stereocenters. The summed E-state index contributed by atoms with van der Waals surface area (Å²) in [6.07, 6.45) is 3.06. The average Bonchev–Trinajstić information content (AvgIpc) is 3.31. The molecule has 5 rings (SSSR count). The van der Waals surface area contributed by atoms with Crippen molar-refractivity contribution in [2.45, 2.75) is 18.9 Å². The van der Waals surface area contributed by atoms with Crippen molar-refractivity contribution < 1.29 is 14.0 Å². The van der Waals surface area contributed by atoms with E-state index in [9.17, 15) is 9.59 Å². The maximum Gasteiger partial charge on any atom is 0.326 e. The normalized spacial score (nSPS) is 22.4. The Labute approximate surface area is 174 Å². The van der Waals surface area contributed by atoms with Crippen molar-refractivity contribution in [2.75, 3.05) is 19.8 Å². The molecule has 0 spiro atoms. The molecule has 1 N–H and O–H groups in total. The lowest BCUT2D eigenvalue weighted by Gasteiger charge is -2.29. The first-order valence-corrected chi connectivity index (χ1v) is 10.1. The van der Waals surface area contributed by atoms with Crippen molar-refractivity contribution in [3.05, 3.63) is 78.1 Å². The highest BCUT2D eigenvalue weighted by Crippen LogP contribution is 2.33. The van der Waals surface area contributed by atoms with E-state index in [0.29, 0.717) is 17.9 Å². The quantitative estimate of drug-likeness (QED) is 0.673. The smallest absolute Gasteiger partial charge is 0.326 e. The molecule has 0 saturated carbocycles. The second-order valence-corrected chi connectivity index (χ2v) is 8.00. The van der Waals surface area contributed by atoms with Crippen molar-refractivity contribution in [1.82, 2.24) is 15.1 Å². The Hall–Kier alpha value is -3.38. The number of benzene rings is 2. The summed E-state index contributed by atoms with van der Waals surface area (Å²) in [5, 5.41) is 3.74. The molecule has 1 aromatic heterocycles. The van der Waals surface area contributed by atoms with Gasteiger partial charge in [-0.05, 0) is 36.6 Å². The topological polar surface area (TPSA) is 65.8 Å². The molecule has 6 heteroatoms. The minimum Gasteiger partial charge on any atom is -0.458 e. The SMILES string of the molecule is C[C@@]1(c2cc3ccccc3o2)NC(=O)N(CN2CC=C(c3ccccc3)CC2)C1=O. The summed E-state index contributed by atoms with van der Waals surface area (Å²) in [5.41, 5.74) is 2.03. The summed E-state index contributed by atoms with van der Waals surface area (Å²) in [6.45, 7) is 3.45. The highest BCUT2D eigenvalue weighted by molar-refractivity contribution is 6.07. The summed E-state index contributed by atoms with van der Waals surface area (Å²) in [5.74, 6) is 0.166. The molecule has 6 nitrogen and oxygen atoms in total. The fraction of sp³-hybridized carbons (Fsp3) is 0.250. The van der Waals surface area contributed by atoms with Crippen LogP contribution in [0.25, 0.3) is 16.5 Å². The van der Waals surface area contributed by atoms with E-state index >= 15 is 0 Å². The molecule has 2 aromatic carbocycles. The molecule has 0 bridgehead atoms. The summed E-state index contributed by atoms with van der Waals surface area (Å²) < 4.78 is 5.89. The summed E-state index contributed by atoms with van der Waals surface area (Å²) in [7, 11) is 0. The molecule has 1 fully saturated rings. The van der Waals surface area contributed by atoms with Crippen LogP contribution in [0.3, 0.4) is 0 Å². The zero-order valence-corrected chi connectivity index (χ0v) is 16.8. The van der Waals surface area contributed by atoms with Gasteiger partial charge in [-0.2, -0.15) is 0 Å². The number of imide groups is 1. The molecule has 1 saturated heterocycles. The minimum atomic E-state index is -1.20. The monoisotopic (exact) mass is 401 g/mol. The number of nitrogens with one attached hydrogen (secondary N) is 1. The van der Waals surface area contributed by atoms with Crippen LogP contribution in [0.5, 0.6) is 0 Å². The van der Waals surface area contributed by atoms with Gasteiger partial charge in [0.25, 0.3) is 5.91 Å². The lowest BCUT2D eigenvalue weighted by Crippen LogP contribution is -2.44. The Balaban J connectivity index is 1.32. The molecule has 3 aromatic rings. The highest BCUT2D eigenvalue weighted by atomic mass is 16.3. The number of amides is 3. The third kappa shape index (κ3) is 3.09. The second kappa shape index (κ2) is 7.15. The van der Waals surface area contributed by atoms with E-state index < -0.39 is 5.54 Å². The molecule has 2 aliphatic heterocycles. The van der Waals surface area contributed by atoms with Gasteiger partial charge in [0.2, 0.25) is 0 Å². The molecule has 30 heavy (non-hydrogen) atoms. The van der Waals surface area contributed by atoms with Crippen LogP contribution >= 0.6 is 0 Å². The van der Waals surface area contributed by atoms with Gasteiger partial charge in [0.15, 0.2) is 5.54 Å². The van der Waals surface area contributed by atoms with Gasteiger partial charge >= 0.3 is 6.03 Å². The number of para-hydroxylation sites is 1. The van der Waals surface area contributed by atoms with E-state index in [-0.39, 0.29) is 18.6 Å². The molecule has 0 unspecified atom stereocenters. The van der Waals surface area contributed by atoms with Gasteiger partial charge < -0.3 is 9.73 Å². The number of carbonyl (C=O) groups is 2. The van der Waals surface area contributed by atoms with Crippen molar-refractivity contribution in [3.8, 4) is 0 Å². The van der Waals surface area contributed by atoms with Crippen LogP contribution < -0.4 is 5.32 Å². The van der Waals surface area contributed by atoms with E-state index in [4.69, 9.17) is 4.42 Å². The summed E-state index contributed by atoms with van der Waals surface area (Å²) in [4.78, 5) is 29.3. The first-order chi connectivity index (χ1) is 14.5. The van der Waals surface area contributed by atoms with Crippen LogP contribution in [0.1, 0.15) is 24.7 Å². The largest absolute Gasteiger partial charge is 0.458 e. The number of fused-ring (bicyclic) bond motifs is 1. The second-order valence-electron chi connectivity index (χ2n) is 8.00. The van der Waals surface area contributed by atoms with Crippen LogP contribution in [0, 0.1) is 0 Å². The van der Waals surface area contributed by atoms with Crippen LogP contribution in [0.2, 0.25) is 0 Å². The maximum atomic E-state index is 13.2. The maximum absolute atomic E-state index is 13.2. The van der Waals surface area contributed by atoms with Crippen molar-refractivity contribution >= 4 is 28.5 Å². The lowest BCUT2D eigenvalue weighted by molar-refractivity contribution is -0.133. The average molecular weight is 401 g/mol. The van der Waals surface area contributed by atoms with Crippen LogP contribution in [0.4, 0.5) is 4.79 Å². The fourth-order valence-corrected chi connectivity index (χ4v) is 4.17. The Morgan fingerprint density at radius 1 is 1.07 bits per heavy atom. The van der Waals surface area contributed by atoms with Crippen molar-refractivity contribution in [2.24, 2.45) is 0 Å². The standard InChI is InChI=1S/C24H23N3O3/c1-24(21-15-19-9-5-6-10-20(19)30-21)22(28)27(23(29)25-24)16-26-13-11-18(12-14-26)17-7-3-2-4-8-17/h2-11,15H,12-14,16H2,1H3,(H,25,29)/t24-/m0/s1. The van der Waals surface area contributed by atoms with E-state index in [2.05, 4.69) is 28.4 Å². The van der Waals surface area contributed by atoms with Crippen molar-refractivity contribution in [1.29, 1.82) is 0 Å². The zero-order chi connectivity index (χ0) is 20.7. The van der Waals surface area contributed by atoms with E-state index in [1.165, 1.54) is 16.0 Å². The van der Waals surface area contributed by atoms with Gasteiger partial charge in [0, 0.05) is 18.5 Å². The number of carbonyl (C=O) groups excluding carboxylic acids is 2. The Morgan fingerprint density at radius 2 is 1.83 bits per heavy atom. The van der Waals surface area contributed by atoms with Gasteiger partial charge in [0.05, 0.1) is 6.67 Å². The van der Waals surface area contributed by atoms with Crippen LogP contribution in [-0.4, -0.2) is 41.5 Å². The Kier molecular flexibility index (Phi) is 4.44. The number of hydrogen-bond acceptors (Lipinski definition) is 4. The van der Waals surface area contributed by atoms with Gasteiger partial charge in [-0.3, -0.25) is 9.69 Å².